The molecule has 1 rings (SSSR count). The predicted molar refractivity (Wildman–Crippen MR) is 75.2 cm³/mol. The number of hydrogen-bond acceptors (Lipinski definition) is 2. The van der Waals surface area contributed by atoms with Crippen LogP contribution in [-0.2, 0) is 11.2 Å². The second-order valence-corrected chi connectivity index (χ2v) is 4.41. The summed E-state index contributed by atoms with van der Waals surface area (Å²) in [7, 11) is 0. The van der Waals surface area contributed by atoms with Crippen LogP contribution in [0, 0.1) is 0 Å². The molecule has 0 aliphatic rings. The topological polar surface area (TPSA) is 70.2 Å². The van der Waals surface area contributed by atoms with E-state index in [1.807, 2.05) is 24.3 Å². The van der Waals surface area contributed by atoms with Gasteiger partial charge in [0.25, 0.3) is 0 Å². The Balaban J connectivity index is 2.14. The molecule has 0 aliphatic carbocycles. The van der Waals surface area contributed by atoms with Crippen LogP contribution in [-0.4, -0.2) is 31.6 Å². The van der Waals surface area contributed by atoms with Crippen molar-refractivity contribution < 1.29 is 9.59 Å². The average molecular weight is 284 g/mol. The molecule has 0 fully saturated rings. The fraction of sp³-hybridized carbons (Fsp3) is 0.385. The lowest BCUT2D eigenvalue weighted by Gasteiger charge is -2.08. The zero-order valence-electron chi connectivity index (χ0n) is 10.8. The van der Waals surface area contributed by atoms with E-state index in [-0.39, 0.29) is 11.9 Å². The molecule has 0 saturated heterocycles. The van der Waals surface area contributed by atoms with E-state index in [4.69, 9.17) is 11.6 Å². The molecule has 1 aromatic rings. The van der Waals surface area contributed by atoms with Crippen LogP contribution in [0.5, 0.6) is 0 Å². The fourth-order valence-electron chi connectivity index (χ4n) is 1.49. The minimum atomic E-state index is -0.252. The SMILES string of the molecule is CC(=O)NCCNC(=O)NCCc1ccccc1Cl. The van der Waals surface area contributed by atoms with Crippen molar-refractivity contribution in [1.29, 1.82) is 0 Å². The first kappa shape index (κ1) is 15.3. The lowest BCUT2D eigenvalue weighted by Crippen LogP contribution is -2.40. The van der Waals surface area contributed by atoms with Gasteiger partial charge < -0.3 is 16.0 Å². The van der Waals surface area contributed by atoms with E-state index in [2.05, 4.69) is 16.0 Å². The van der Waals surface area contributed by atoms with Gasteiger partial charge in [-0.25, -0.2) is 4.79 Å². The standard InChI is InChI=1S/C13H18ClN3O2/c1-10(18)15-8-9-17-13(19)16-7-6-11-4-2-3-5-12(11)14/h2-5H,6-9H2,1H3,(H,15,18)(H2,16,17,19). The maximum atomic E-state index is 11.4. The number of nitrogens with one attached hydrogen (secondary N) is 3. The van der Waals surface area contributed by atoms with Gasteiger partial charge in [-0.15, -0.1) is 0 Å². The first-order valence-electron chi connectivity index (χ1n) is 6.09. The molecule has 0 unspecified atom stereocenters. The number of urea groups is 1. The van der Waals surface area contributed by atoms with Crippen LogP contribution in [0.25, 0.3) is 0 Å². The van der Waals surface area contributed by atoms with Crippen molar-refractivity contribution in [2.75, 3.05) is 19.6 Å². The number of rotatable bonds is 6. The molecular formula is C13H18ClN3O2. The summed E-state index contributed by atoms with van der Waals surface area (Å²) in [6.45, 7) is 2.77. The van der Waals surface area contributed by atoms with Crippen LogP contribution in [0.4, 0.5) is 4.79 Å². The lowest BCUT2D eigenvalue weighted by atomic mass is 10.1. The van der Waals surface area contributed by atoms with Gasteiger partial charge in [0.15, 0.2) is 0 Å². The molecule has 0 aromatic heterocycles. The number of carbonyl (C=O) groups is 2. The van der Waals surface area contributed by atoms with Gasteiger partial charge in [0.2, 0.25) is 5.91 Å². The van der Waals surface area contributed by atoms with Crippen LogP contribution < -0.4 is 16.0 Å². The van der Waals surface area contributed by atoms with Crippen LogP contribution in [0.15, 0.2) is 24.3 Å². The van der Waals surface area contributed by atoms with Crippen molar-refractivity contribution in [2.24, 2.45) is 0 Å². The Hall–Kier alpha value is -1.75. The molecule has 0 atom stereocenters. The maximum Gasteiger partial charge on any atom is 0.314 e. The highest BCUT2D eigenvalue weighted by atomic mass is 35.5. The Bertz CT molecular complexity index is 438. The first-order valence-corrected chi connectivity index (χ1v) is 6.47. The fourth-order valence-corrected chi connectivity index (χ4v) is 1.72. The monoisotopic (exact) mass is 283 g/mol. The summed E-state index contributed by atoms with van der Waals surface area (Å²) in [5.41, 5.74) is 1.00. The van der Waals surface area contributed by atoms with Gasteiger partial charge in [-0.1, -0.05) is 29.8 Å². The molecule has 0 radical (unpaired) electrons. The number of halogens is 1. The molecular weight excluding hydrogens is 266 g/mol. The Morgan fingerprint density at radius 3 is 2.37 bits per heavy atom. The Labute approximate surface area is 117 Å². The van der Waals surface area contributed by atoms with Crippen LogP contribution in [0.1, 0.15) is 12.5 Å². The molecule has 0 bridgehead atoms. The number of amides is 3. The lowest BCUT2D eigenvalue weighted by molar-refractivity contribution is -0.118. The minimum Gasteiger partial charge on any atom is -0.355 e. The predicted octanol–water partition coefficient (Wildman–Crippen LogP) is 1.32. The van der Waals surface area contributed by atoms with Crippen molar-refractivity contribution in [3.05, 3.63) is 34.9 Å². The highest BCUT2D eigenvalue weighted by Gasteiger charge is 2.01. The highest BCUT2D eigenvalue weighted by Crippen LogP contribution is 2.14. The summed E-state index contributed by atoms with van der Waals surface area (Å²) in [4.78, 5) is 22.0. The molecule has 5 nitrogen and oxygen atoms in total. The van der Waals surface area contributed by atoms with E-state index >= 15 is 0 Å². The van der Waals surface area contributed by atoms with Crippen molar-refractivity contribution in [3.63, 3.8) is 0 Å². The van der Waals surface area contributed by atoms with E-state index in [1.165, 1.54) is 6.92 Å². The summed E-state index contributed by atoms with van der Waals surface area (Å²) < 4.78 is 0. The van der Waals surface area contributed by atoms with Crippen molar-refractivity contribution in [3.8, 4) is 0 Å². The summed E-state index contributed by atoms with van der Waals surface area (Å²) in [6, 6.07) is 7.28. The summed E-state index contributed by atoms with van der Waals surface area (Å²) >= 11 is 6.00. The minimum absolute atomic E-state index is 0.110. The van der Waals surface area contributed by atoms with Gasteiger partial charge in [-0.05, 0) is 18.1 Å². The van der Waals surface area contributed by atoms with Gasteiger partial charge in [-0.3, -0.25) is 4.79 Å². The molecule has 19 heavy (non-hydrogen) atoms. The second-order valence-electron chi connectivity index (χ2n) is 4.01. The Kier molecular flexibility index (Phi) is 6.74. The molecule has 1 aromatic carbocycles. The van der Waals surface area contributed by atoms with E-state index in [0.717, 1.165) is 5.56 Å². The average Bonchev–Trinajstić information content (AvgIpc) is 2.37. The van der Waals surface area contributed by atoms with Gasteiger partial charge >= 0.3 is 6.03 Å². The smallest absolute Gasteiger partial charge is 0.314 e. The molecule has 0 heterocycles. The second kappa shape index (κ2) is 8.37. The third-order valence-corrected chi connectivity index (χ3v) is 2.79. The van der Waals surface area contributed by atoms with Crippen molar-refractivity contribution >= 4 is 23.5 Å². The third-order valence-electron chi connectivity index (χ3n) is 2.42. The third kappa shape index (κ3) is 6.67. The van der Waals surface area contributed by atoms with Crippen molar-refractivity contribution in [2.45, 2.75) is 13.3 Å². The van der Waals surface area contributed by atoms with Gasteiger partial charge in [0.05, 0.1) is 0 Å². The molecule has 0 aliphatic heterocycles. The molecule has 6 heteroatoms. The zero-order valence-corrected chi connectivity index (χ0v) is 11.6. The zero-order chi connectivity index (χ0) is 14.1. The highest BCUT2D eigenvalue weighted by molar-refractivity contribution is 6.31. The van der Waals surface area contributed by atoms with Crippen molar-refractivity contribution in [1.82, 2.24) is 16.0 Å². The van der Waals surface area contributed by atoms with E-state index in [9.17, 15) is 9.59 Å². The molecule has 0 spiro atoms. The molecule has 3 amide bonds. The Morgan fingerprint density at radius 1 is 1.05 bits per heavy atom. The number of carbonyl (C=O) groups excluding carboxylic acids is 2. The van der Waals surface area contributed by atoms with Gasteiger partial charge in [-0.2, -0.15) is 0 Å². The normalized spacial score (nSPS) is 9.79. The number of hydrogen-bond donors (Lipinski definition) is 3. The largest absolute Gasteiger partial charge is 0.355 e. The maximum absolute atomic E-state index is 11.4. The number of benzene rings is 1. The van der Waals surface area contributed by atoms with E-state index in [1.54, 1.807) is 0 Å². The molecule has 104 valence electrons. The van der Waals surface area contributed by atoms with E-state index in [0.29, 0.717) is 31.1 Å². The van der Waals surface area contributed by atoms with Crippen LogP contribution >= 0.6 is 11.6 Å². The van der Waals surface area contributed by atoms with E-state index < -0.39 is 0 Å². The Morgan fingerprint density at radius 2 is 1.68 bits per heavy atom. The molecule has 3 N–H and O–H groups in total. The van der Waals surface area contributed by atoms with Gasteiger partial charge in [0.1, 0.15) is 0 Å². The summed E-state index contributed by atoms with van der Waals surface area (Å²) in [5.74, 6) is -0.110. The summed E-state index contributed by atoms with van der Waals surface area (Å²) in [5, 5.41) is 8.66. The van der Waals surface area contributed by atoms with Crippen LogP contribution in [0.2, 0.25) is 5.02 Å². The quantitative estimate of drug-likeness (QED) is 0.689. The first-order chi connectivity index (χ1) is 9.09. The molecule has 0 saturated carbocycles. The van der Waals surface area contributed by atoms with Crippen LogP contribution in [0.3, 0.4) is 0 Å². The van der Waals surface area contributed by atoms with Gasteiger partial charge in [0, 0.05) is 31.6 Å². The summed E-state index contributed by atoms with van der Waals surface area (Å²) in [6.07, 6.45) is 0.679.